The first-order chi connectivity index (χ1) is 11.3. The van der Waals surface area contributed by atoms with Crippen molar-refractivity contribution < 1.29 is 22.0 Å². The van der Waals surface area contributed by atoms with Gasteiger partial charge in [0.05, 0.1) is 12.3 Å². The average molecular weight is 376 g/mol. The number of nitrogens with zero attached hydrogens (tertiary/aromatic N) is 2. The number of amides is 1. The van der Waals surface area contributed by atoms with E-state index < -0.39 is 26.6 Å². The molecule has 2 rings (SSSR count). The highest BCUT2D eigenvalue weighted by atomic mass is 35.5. The van der Waals surface area contributed by atoms with E-state index in [4.69, 9.17) is 16.0 Å². The summed E-state index contributed by atoms with van der Waals surface area (Å²) in [7, 11) is -4.06. The first-order valence-electron chi connectivity index (χ1n) is 7.08. The van der Waals surface area contributed by atoms with Gasteiger partial charge in [-0.15, -0.1) is 5.10 Å². The fourth-order valence-corrected chi connectivity index (χ4v) is 3.34. The molecule has 0 aliphatic heterocycles. The number of hydrogen-bond donors (Lipinski definition) is 1. The molecule has 0 bridgehead atoms. The molecule has 1 aromatic heterocycles. The first-order valence-corrected chi connectivity index (χ1v) is 9.11. The van der Waals surface area contributed by atoms with E-state index in [0.717, 1.165) is 6.07 Å². The van der Waals surface area contributed by atoms with E-state index in [9.17, 15) is 17.6 Å². The number of sulfone groups is 1. The molecule has 1 amide bonds. The quantitative estimate of drug-likeness (QED) is 0.796. The van der Waals surface area contributed by atoms with Crippen LogP contribution in [0.1, 0.15) is 31.2 Å². The number of benzene rings is 1. The van der Waals surface area contributed by atoms with Crippen LogP contribution in [0.3, 0.4) is 0 Å². The van der Waals surface area contributed by atoms with Gasteiger partial charge in [-0.25, -0.2) is 12.8 Å². The molecule has 0 radical (unpaired) electrons. The van der Waals surface area contributed by atoms with Crippen molar-refractivity contribution >= 4 is 27.3 Å². The zero-order valence-corrected chi connectivity index (χ0v) is 14.3. The summed E-state index contributed by atoms with van der Waals surface area (Å²) in [6.45, 7) is 1.77. The molecule has 0 spiro atoms. The van der Waals surface area contributed by atoms with Crippen molar-refractivity contribution in [1.29, 1.82) is 0 Å². The Labute approximate surface area is 143 Å². The smallest absolute Gasteiger partial charge is 0.335 e. The molecule has 7 nitrogen and oxygen atoms in total. The molecule has 0 aliphatic rings. The van der Waals surface area contributed by atoms with Gasteiger partial charge in [-0.3, -0.25) is 4.79 Å². The Morgan fingerprint density at radius 2 is 2.12 bits per heavy atom. The highest BCUT2D eigenvalue weighted by Gasteiger charge is 2.25. The lowest BCUT2D eigenvalue weighted by atomic mass is 10.2. The molecule has 2 aromatic rings. The van der Waals surface area contributed by atoms with Gasteiger partial charge in [0.25, 0.3) is 0 Å². The monoisotopic (exact) mass is 375 g/mol. The second-order valence-electron chi connectivity index (χ2n) is 4.95. The van der Waals surface area contributed by atoms with Crippen LogP contribution in [0.15, 0.2) is 27.8 Å². The lowest BCUT2D eigenvalue weighted by Crippen LogP contribution is -2.22. The van der Waals surface area contributed by atoms with Gasteiger partial charge in [0.15, 0.2) is 0 Å². The highest BCUT2D eigenvalue weighted by Crippen LogP contribution is 2.24. The Morgan fingerprint density at radius 3 is 2.79 bits per heavy atom. The van der Waals surface area contributed by atoms with E-state index in [-0.39, 0.29) is 28.9 Å². The summed E-state index contributed by atoms with van der Waals surface area (Å²) in [4.78, 5) is 11.4. The number of carbonyl (C=O) groups excluding carboxylic acids is 1. The van der Waals surface area contributed by atoms with Gasteiger partial charge in [-0.1, -0.05) is 29.7 Å². The second kappa shape index (κ2) is 7.71. The Bertz CT molecular complexity index is 818. The summed E-state index contributed by atoms with van der Waals surface area (Å²) in [6.07, 6.45) is 1.02. The summed E-state index contributed by atoms with van der Waals surface area (Å²) in [5.41, 5.74) is -0.171. The molecule has 0 unspecified atom stereocenters. The summed E-state index contributed by atoms with van der Waals surface area (Å²) in [6, 6.07) is 3.87. The molecule has 0 fully saturated rings. The van der Waals surface area contributed by atoms with Crippen LogP contribution in [0.5, 0.6) is 0 Å². The predicted octanol–water partition coefficient (Wildman–Crippen LogP) is 2.25. The van der Waals surface area contributed by atoms with Crippen molar-refractivity contribution in [2.24, 2.45) is 0 Å². The maximum atomic E-state index is 13.7. The Hall–Kier alpha value is -2.00. The number of aromatic nitrogens is 2. The van der Waals surface area contributed by atoms with Crippen molar-refractivity contribution in [1.82, 2.24) is 15.5 Å². The van der Waals surface area contributed by atoms with Crippen LogP contribution in [0.2, 0.25) is 5.02 Å². The summed E-state index contributed by atoms with van der Waals surface area (Å²) in [5, 5.41) is 8.87. The van der Waals surface area contributed by atoms with Crippen LogP contribution < -0.4 is 5.32 Å². The lowest BCUT2D eigenvalue weighted by molar-refractivity contribution is -0.121. The molecule has 1 heterocycles. The number of halogens is 2. The summed E-state index contributed by atoms with van der Waals surface area (Å²) < 4.78 is 43.3. The molecular formula is C14H15ClFN3O4S. The van der Waals surface area contributed by atoms with Gasteiger partial charge in [0.1, 0.15) is 5.82 Å². The molecule has 24 heavy (non-hydrogen) atoms. The summed E-state index contributed by atoms with van der Waals surface area (Å²) >= 11 is 5.82. The van der Waals surface area contributed by atoms with E-state index in [0.29, 0.717) is 12.8 Å². The van der Waals surface area contributed by atoms with Gasteiger partial charge in [0.2, 0.25) is 21.6 Å². The van der Waals surface area contributed by atoms with Crippen LogP contribution in [0.4, 0.5) is 4.39 Å². The number of carbonyl (C=O) groups is 1. The normalized spacial score (nSPS) is 11.5. The molecule has 10 heteroatoms. The lowest BCUT2D eigenvalue weighted by Gasteiger charge is -2.04. The van der Waals surface area contributed by atoms with Crippen LogP contribution in [0.25, 0.3) is 0 Å². The minimum absolute atomic E-state index is 0.00913. The molecule has 0 saturated carbocycles. The van der Waals surface area contributed by atoms with Crippen molar-refractivity contribution in [2.75, 3.05) is 0 Å². The largest absolute Gasteiger partial charge is 0.411 e. The van der Waals surface area contributed by atoms with Crippen molar-refractivity contribution in [3.8, 4) is 0 Å². The minimum atomic E-state index is -4.06. The molecule has 130 valence electrons. The zero-order chi connectivity index (χ0) is 17.7. The first kappa shape index (κ1) is 18.3. The highest BCUT2D eigenvalue weighted by molar-refractivity contribution is 7.90. The number of rotatable bonds is 7. The molecule has 1 N–H and O–H groups in total. The maximum Gasteiger partial charge on any atom is 0.335 e. The third-order valence-electron chi connectivity index (χ3n) is 3.02. The fraction of sp³-hybridized carbons (Fsp3) is 0.357. The van der Waals surface area contributed by atoms with Crippen molar-refractivity contribution in [3.63, 3.8) is 0 Å². The van der Waals surface area contributed by atoms with Gasteiger partial charge >= 0.3 is 5.22 Å². The van der Waals surface area contributed by atoms with E-state index >= 15 is 0 Å². The average Bonchev–Trinajstić information content (AvgIpc) is 2.99. The van der Waals surface area contributed by atoms with Crippen LogP contribution in [-0.2, 0) is 26.9 Å². The molecule has 1 aromatic carbocycles. The number of nitrogens with one attached hydrogen (secondary N) is 1. The third kappa shape index (κ3) is 4.51. The topological polar surface area (TPSA) is 102 Å². The standard InChI is InChI=1S/C14H15ClFN3O4S/c1-2-4-12(20)17-7-13-18-19-14(23-13)24(21,22)8-9-10(15)5-3-6-11(9)16/h3,5-6H,2,4,7-8H2,1H3,(H,17,20). The number of hydrogen-bond acceptors (Lipinski definition) is 6. The fourth-order valence-electron chi connectivity index (χ4n) is 1.85. The molecule has 0 atom stereocenters. The van der Waals surface area contributed by atoms with Crippen molar-refractivity contribution in [2.45, 2.75) is 37.3 Å². The van der Waals surface area contributed by atoms with Crippen LogP contribution >= 0.6 is 11.6 Å². The van der Waals surface area contributed by atoms with E-state index in [1.54, 1.807) is 0 Å². The third-order valence-corrected chi connectivity index (χ3v) is 4.74. The second-order valence-corrected chi connectivity index (χ2v) is 7.22. The molecule has 0 saturated heterocycles. The van der Waals surface area contributed by atoms with Gasteiger partial charge < -0.3 is 9.73 Å². The predicted molar refractivity (Wildman–Crippen MR) is 83.4 cm³/mol. The summed E-state index contributed by atoms with van der Waals surface area (Å²) in [5.74, 6) is -1.71. The Morgan fingerprint density at radius 1 is 1.38 bits per heavy atom. The SMILES string of the molecule is CCCC(=O)NCc1nnc(S(=O)(=O)Cc2c(F)cccc2Cl)o1. The van der Waals surface area contributed by atoms with Crippen molar-refractivity contribution in [3.05, 3.63) is 40.5 Å². The van der Waals surface area contributed by atoms with E-state index in [1.165, 1.54) is 12.1 Å². The zero-order valence-electron chi connectivity index (χ0n) is 12.8. The van der Waals surface area contributed by atoms with Gasteiger partial charge in [0, 0.05) is 17.0 Å². The van der Waals surface area contributed by atoms with E-state index in [2.05, 4.69) is 15.5 Å². The van der Waals surface area contributed by atoms with E-state index in [1.807, 2.05) is 6.92 Å². The van der Waals surface area contributed by atoms with Gasteiger partial charge in [-0.2, -0.15) is 0 Å². The Kier molecular flexibility index (Phi) is 5.89. The minimum Gasteiger partial charge on any atom is -0.411 e. The molecule has 0 aliphatic carbocycles. The Balaban J connectivity index is 2.12. The molecular weight excluding hydrogens is 361 g/mol. The van der Waals surface area contributed by atoms with Gasteiger partial charge in [-0.05, 0) is 18.6 Å². The van der Waals surface area contributed by atoms with Crippen LogP contribution in [0, 0.1) is 5.82 Å². The van der Waals surface area contributed by atoms with Crippen LogP contribution in [-0.4, -0.2) is 24.5 Å². The maximum absolute atomic E-state index is 13.7.